The lowest BCUT2D eigenvalue weighted by molar-refractivity contribution is -0.123. The van der Waals surface area contributed by atoms with Crippen LogP contribution < -0.4 is 10.6 Å². The van der Waals surface area contributed by atoms with E-state index in [0.717, 1.165) is 30.2 Å². The van der Waals surface area contributed by atoms with E-state index in [9.17, 15) is 4.79 Å². The number of hydrogen-bond acceptors (Lipinski definition) is 4. The quantitative estimate of drug-likeness (QED) is 0.785. The van der Waals surface area contributed by atoms with Gasteiger partial charge in [0.2, 0.25) is 5.91 Å². The summed E-state index contributed by atoms with van der Waals surface area (Å²) in [6.07, 6.45) is 3.90. The number of hydrogen-bond donors (Lipinski definition) is 2. The summed E-state index contributed by atoms with van der Waals surface area (Å²) in [7, 11) is 0. The molecule has 1 aliphatic heterocycles. The zero-order chi connectivity index (χ0) is 15.2. The molecule has 1 fully saturated rings. The number of carbonyl (C=O) groups is 1. The minimum absolute atomic E-state index is 0. The molecule has 0 radical (unpaired) electrons. The van der Waals surface area contributed by atoms with E-state index in [1.165, 1.54) is 12.8 Å². The summed E-state index contributed by atoms with van der Waals surface area (Å²) < 4.78 is 0. The number of aryl methyl sites for hydroxylation is 1. The molecule has 7 heteroatoms. The summed E-state index contributed by atoms with van der Waals surface area (Å²) >= 11 is 1.64. The Kier molecular flexibility index (Phi) is 11.1. The number of nitrogens with one attached hydrogen (secondary N) is 2. The molecule has 1 aromatic heterocycles. The normalized spacial score (nSPS) is 17.5. The molecule has 2 heterocycles. The number of amides is 1. The highest BCUT2D eigenvalue weighted by Crippen LogP contribution is 2.25. The molecule has 0 aliphatic carbocycles. The molecule has 1 saturated heterocycles. The van der Waals surface area contributed by atoms with E-state index in [0.29, 0.717) is 18.3 Å². The Balaban J connectivity index is 0.00000242. The van der Waals surface area contributed by atoms with Crippen LogP contribution in [0.5, 0.6) is 0 Å². The molecule has 0 spiro atoms. The van der Waals surface area contributed by atoms with Crippen molar-refractivity contribution in [3.05, 3.63) is 16.1 Å². The zero-order valence-electron chi connectivity index (χ0n) is 14.1. The van der Waals surface area contributed by atoms with Crippen molar-refractivity contribution in [1.29, 1.82) is 0 Å². The van der Waals surface area contributed by atoms with Crippen molar-refractivity contribution in [1.82, 2.24) is 15.6 Å². The Bertz CT molecular complexity index is 464. The third-order valence-corrected chi connectivity index (χ3v) is 5.45. The fourth-order valence-corrected chi connectivity index (χ4v) is 3.93. The second kappa shape index (κ2) is 11.2. The first-order valence-electron chi connectivity index (χ1n) is 8.02. The lowest BCUT2D eigenvalue weighted by Crippen LogP contribution is -2.34. The van der Waals surface area contributed by atoms with Gasteiger partial charge in [0.1, 0.15) is 5.01 Å². The lowest BCUT2D eigenvalue weighted by Gasteiger charge is -2.28. The van der Waals surface area contributed by atoms with Gasteiger partial charge in [-0.1, -0.05) is 13.8 Å². The first-order valence-corrected chi connectivity index (χ1v) is 8.90. The van der Waals surface area contributed by atoms with Gasteiger partial charge in [-0.2, -0.15) is 0 Å². The van der Waals surface area contributed by atoms with Gasteiger partial charge >= 0.3 is 0 Å². The van der Waals surface area contributed by atoms with Crippen LogP contribution in [0, 0.1) is 18.8 Å². The fourth-order valence-electron chi connectivity index (χ4n) is 3.00. The third-order valence-electron chi connectivity index (χ3n) is 4.37. The van der Waals surface area contributed by atoms with Crippen LogP contribution in [0.4, 0.5) is 0 Å². The average molecular weight is 382 g/mol. The molecule has 2 rings (SSSR count). The van der Waals surface area contributed by atoms with E-state index in [1.54, 1.807) is 11.3 Å². The van der Waals surface area contributed by atoms with E-state index in [-0.39, 0.29) is 36.8 Å². The molecule has 1 aliphatic rings. The van der Waals surface area contributed by atoms with E-state index in [4.69, 9.17) is 0 Å². The second-order valence-corrected chi connectivity index (χ2v) is 7.01. The molecule has 0 bridgehead atoms. The monoisotopic (exact) mass is 381 g/mol. The third kappa shape index (κ3) is 6.96. The van der Waals surface area contributed by atoms with Crippen molar-refractivity contribution in [3.8, 4) is 0 Å². The minimum atomic E-state index is 0. The van der Waals surface area contributed by atoms with Crippen LogP contribution in [0.15, 0.2) is 5.38 Å². The van der Waals surface area contributed by atoms with Gasteiger partial charge in [-0.3, -0.25) is 4.79 Å². The molecule has 23 heavy (non-hydrogen) atoms. The standard InChI is InChI=1S/C16H27N3OS.2ClH/c1-4-14(16-18-12(3)10-21-16)19-15(20)9-11(2)13-5-7-17-8-6-13;;/h10-11,13-14,17H,4-9H2,1-3H3,(H,19,20);2*1H. The van der Waals surface area contributed by atoms with Crippen LogP contribution in [0.3, 0.4) is 0 Å². The maximum absolute atomic E-state index is 12.3. The Morgan fingerprint density at radius 2 is 2.09 bits per heavy atom. The molecular weight excluding hydrogens is 353 g/mol. The maximum atomic E-state index is 12.3. The maximum Gasteiger partial charge on any atom is 0.220 e. The average Bonchev–Trinajstić information content (AvgIpc) is 2.92. The van der Waals surface area contributed by atoms with Crippen LogP contribution in [-0.2, 0) is 4.79 Å². The molecule has 2 N–H and O–H groups in total. The largest absolute Gasteiger partial charge is 0.347 e. The highest BCUT2D eigenvalue weighted by Gasteiger charge is 2.23. The van der Waals surface area contributed by atoms with E-state index in [2.05, 4.69) is 29.5 Å². The predicted octanol–water partition coefficient (Wildman–Crippen LogP) is 3.89. The van der Waals surface area contributed by atoms with Crippen LogP contribution in [0.2, 0.25) is 0 Å². The second-order valence-electron chi connectivity index (χ2n) is 6.12. The van der Waals surface area contributed by atoms with E-state index in [1.807, 2.05) is 12.3 Å². The van der Waals surface area contributed by atoms with Crippen LogP contribution >= 0.6 is 36.2 Å². The summed E-state index contributed by atoms with van der Waals surface area (Å²) in [4.78, 5) is 16.8. The molecule has 134 valence electrons. The highest BCUT2D eigenvalue weighted by atomic mass is 35.5. The fraction of sp³-hybridized carbons (Fsp3) is 0.750. The number of thiazole rings is 1. The zero-order valence-corrected chi connectivity index (χ0v) is 16.6. The van der Waals surface area contributed by atoms with Crippen molar-refractivity contribution in [2.24, 2.45) is 11.8 Å². The summed E-state index contributed by atoms with van der Waals surface area (Å²) in [5.74, 6) is 1.31. The van der Waals surface area contributed by atoms with Gasteiger partial charge in [0.05, 0.1) is 6.04 Å². The van der Waals surface area contributed by atoms with Gasteiger partial charge in [0, 0.05) is 17.5 Å². The predicted molar refractivity (Wildman–Crippen MR) is 102 cm³/mol. The van der Waals surface area contributed by atoms with Crippen molar-refractivity contribution < 1.29 is 4.79 Å². The van der Waals surface area contributed by atoms with Crippen molar-refractivity contribution in [2.45, 2.75) is 52.5 Å². The first kappa shape index (κ1) is 22.6. The summed E-state index contributed by atoms with van der Waals surface area (Å²) in [5, 5.41) is 9.61. The van der Waals surface area contributed by atoms with Crippen molar-refractivity contribution in [3.63, 3.8) is 0 Å². The number of piperidine rings is 1. The minimum Gasteiger partial charge on any atom is -0.347 e. The Morgan fingerprint density at radius 1 is 1.43 bits per heavy atom. The molecule has 1 aromatic rings. The molecule has 0 aromatic carbocycles. The molecule has 1 amide bonds. The number of aromatic nitrogens is 1. The molecule has 0 saturated carbocycles. The lowest BCUT2D eigenvalue weighted by atomic mass is 9.84. The van der Waals surface area contributed by atoms with Gasteiger partial charge < -0.3 is 10.6 Å². The summed E-state index contributed by atoms with van der Waals surface area (Å²) in [6.45, 7) is 8.48. The molecule has 2 atom stereocenters. The van der Waals surface area contributed by atoms with Gasteiger partial charge in [0.25, 0.3) is 0 Å². The van der Waals surface area contributed by atoms with Gasteiger partial charge in [0.15, 0.2) is 0 Å². The molecule has 2 unspecified atom stereocenters. The van der Waals surface area contributed by atoms with Crippen molar-refractivity contribution in [2.75, 3.05) is 13.1 Å². The topological polar surface area (TPSA) is 54.0 Å². The Labute approximate surface area is 156 Å². The SMILES string of the molecule is CCC(NC(=O)CC(C)C1CCNCC1)c1nc(C)cs1.Cl.Cl. The summed E-state index contributed by atoms with van der Waals surface area (Å²) in [5.41, 5.74) is 1.03. The van der Waals surface area contributed by atoms with Crippen LogP contribution in [0.25, 0.3) is 0 Å². The Hall–Kier alpha value is -0.360. The van der Waals surface area contributed by atoms with Gasteiger partial charge in [-0.15, -0.1) is 36.2 Å². The summed E-state index contributed by atoms with van der Waals surface area (Å²) in [6, 6.07) is 0.0661. The van der Waals surface area contributed by atoms with Gasteiger partial charge in [-0.25, -0.2) is 4.98 Å². The number of carbonyl (C=O) groups excluding carboxylic acids is 1. The molecular formula is C16H29Cl2N3OS. The van der Waals surface area contributed by atoms with E-state index < -0.39 is 0 Å². The molecule has 4 nitrogen and oxygen atoms in total. The first-order chi connectivity index (χ1) is 10.1. The highest BCUT2D eigenvalue weighted by molar-refractivity contribution is 7.09. The Morgan fingerprint density at radius 3 is 2.61 bits per heavy atom. The van der Waals surface area contributed by atoms with Crippen LogP contribution in [-0.4, -0.2) is 24.0 Å². The smallest absolute Gasteiger partial charge is 0.220 e. The number of nitrogens with zero attached hydrogens (tertiary/aromatic N) is 1. The number of halogens is 2. The van der Waals surface area contributed by atoms with Gasteiger partial charge in [-0.05, 0) is 51.1 Å². The van der Waals surface area contributed by atoms with E-state index >= 15 is 0 Å². The number of rotatable bonds is 6. The van der Waals surface area contributed by atoms with Crippen molar-refractivity contribution >= 4 is 42.1 Å². The van der Waals surface area contributed by atoms with Crippen LogP contribution in [0.1, 0.15) is 56.3 Å².